The molecule has 0 aliphatic carbocycles. The summed E-state index contributed by atoms with van der Waals surface area (Å²) in [4.78, 5) is 21.9. The normalized spacial score (nSPS) is 13.6. The second kappa shape index (κ2) is 11.6. The summed E-state index contributed by atoms with van der Waals surface area (Å²) in [5.74, 6) is -4.33. The minimum absolute atomic E-state index is 0.0570. The van der Waals surface area contributed by atoms with Crippen LogP contribution in [0.25, 0.3) is 0 Å². The number of oxime groups is 1. The molecule has 0 spiro atoms. The van der Waals surface area contributed by atoms with Gasteiger partial charge in [-0.2, -0.15) is 0 Å². The van der Waals surface area contributed by atoms with Crippen molar-refractivity contribution in [2.45, 2.75) is 0 Å². The van der Waals surface area contributed by atoms with Crippen LogP contribution >= 0.6 is 20.7 Å². The molecule has 5 N–H and O–H groups in total. The number of benzene rings is 1. The van der Waals surface area contributed by atoms with Crippen molar-refractivity contribution in [3.05, 3.63) is 50.5 Å². The van der Waals surface area contributed by atoms with E-state index in [1.807, 2.05) is 5.48 Å². The molecule has 0 bridgehead atoms. The van der Waals surface area contributed by atoms with E-state index in [4.69, 9.17) is 20.5 Å². The van der Waals surface area contributed by atoms with Gasteiger partial charge >= 0.3 is 0 Å². The van der Waals surface area contributed by atoms with Gasteiger partial charge in [0, 0.05) is 16.1 Å². The number of rotatable bonds is 10. The number of hydrogen-bond acceptors (Lipinski definition) is 7. The predicted octanol–water partition coefficient (Wildman–Crippen LogP) is 1.82. The van der Waals surface area contributed by atoms with E-state index in [1.165, 1.54) is 10.1 Å². The van der Waals surface area contributed by atoms with Gasteiger partial charge in [0.05, 0.1) is 36.4 Å². The van der Waals surface area contributed by atoms with Gasteiger partial charge in [0.15, 0.2) is 17.5 Å². The smallest absolute Gasteiger partial charge is 0.277 e. The largest absolute Gasteiger partial charge is 0.394 e. The molecule has 1 heterocycles. The van der Waals surface area contributed by atoms with Crippen molar-refractivity contribution in [2.75, 3.05) is 31.7 Å². The maximum absolute atomic E-state index is 14.7. The third-order valence-electron chi connectivity index (χ3n) is 3.29. The fourth-order valence-corrected chi connectivity index (χ4v) is 3.45. The molecule has 12 heteroatoms. The molecule has 0 radical (unpaired) electrons. The summed E-state index contributed by atoms with van der Waals surface area (Å²) in [6.07, 6.45) is 2.27. The molecular weight excluding hydrogens is 508 g/mol. The summed E-state index contributed by atoms with van der Waals surface area (Å²) >= 11 is -0.600. The van der Waals surface area contributed by atoms with Crippen molar-refractivity contribution < 1.29 is 32.7 Å². The van der Waals surface area contributed by atoms with Crippen molar-refractivity contribution in [1.82, 2.24) is 5.48 Å². The minimum atomic E-state index is -1.42. The lowest BCUT2D eigenvalue weighted by atomic mass is 10.1. The van der Waals surface area contributed by atoms with Crippen LogP contribution in [0.2, 0.25) is 0 Å². The number of allylic oxidation sites excluding steroid dienone is 2. The van der Waals surface area contributed by atoms with Gasteiger partial charge in [-0.1, -0.05) is 25.9 Å². The Balaban J connectivity index is 2.44. The topological polar surface area (TPSA) is 118 Å². The Hall–Kier alpha value is -2.29. The number of hydrogen-bond donors (Lipinski definition) is 4. The maximum atomic E-state index is 14.7. The standard InChI is InChI=1S/C17H18F3IN4O4/c18-12-8-21-2-1-13(12)24-16-11(17(27)25-29-6-4-26)7-10(14(19)15(16)20)9-23-28-5-3-22/h1-2,7-9,24,26H,3-6,22H2,(H,25,27)/b23-9+. The summed E-state index contributed by atoms with van der Waals surface area (Å²) in [7, 11) is 0. The van der Waals surface area contributed by atoms with Crippen LogP contribution in [-0.4, -0.2) is 47.6 Å². The number of nitrogens with zero attached hydrogens (tertiary/aromatic N) is 1. The number of carbonyl (C=O) groups excluding carboxylic acids is 1. The number of nitrogens with two attached hydrogens (primary N) is 1. The molecule has 0 saturated carbocycles. The highest BCUT2D eigenvalue weighted by atomic mass is 127. The fraction of sp³-hybridized carbons (Fsp3) is 0.235. The first-order chi connectivity index (χ1) is 14.0. The third kappa shape index (κ3) is 6.35. The second-order valence-corrected chi connectivity index (χ2v) is 7.35. The van der Waals surface area contributed by atoms with Crippen LogP contribution in [0, 0.1) is 11.6 Å². The summed E-state index contributed by atoms with van der Waals surface area (Å²) in [6, 6.07) is 0.995. The Kier molecular flexibility index (Phi) is 9.24. The van der Waals surface area contributed by atoms with Gasteiger partial charge in [-0.15, -0.1) is 0 Å². The number of carbonyl (C=O) groups is 1. The Bertz CT molecular complexity index is 875. The number of halogens is 4. The molecule has 1 aliphatic heterocycles. The van der Waals surface area contributed by atoms with Crippen molar-refractivity contribution in [3.8, 4) is 0 Å². The quantitative estimate of drug-likeness (QED) is 0.160. The molecule has 1 aromatic carbocycles. The zero-order valence-corrected chi connectivity index (χ0v) is 17.1. The molecule has 29 heavy (non-hydrogen) atoms. The van der Waals surface area contributed by atoms with Crippen molar-refractivity contribution >= 4 is 42.6 Å². The van der Waals surface area contributed by atoms with E-state index in [9.17, 15) is 18.0 Å². The highest BCUT2D eigenvalue weighted by Gasteiger charge is 2.23. The maximum Gasteiger partial charge on any atom is 0.277 e. The van der Waals surface area contributed by atoms with Crippen LogP contribution < -0.4 is 16.5 Å². The minimum Gasteiger partial charge on any atom is -0.394 e. The highest BCUT2D eigenvalue weighted by molar-refractivity contribution is 14.2. The van der Waals surface area contributed by atoms with Crippen LogP contribution in [0.3, 0.4) is 0 Å². The van der Waals surface area contributed by atoms with E-state index in [2.05, 4.69) is 10.5 Å². The van der Waals surface area contributed by atoms with E-state index in [0.717, 1.165) is 12.3 Å². The molecule has 1 aromatic rings. The van der Waals surface area contributed by atoms with Crippen LogP contribution in [0.4, 0.5) is 18.9 Å². The second-order valence-electron chi connectivity index (χ2n) is 5.29. The third-order valence-corrected chi connectivity index (χ3v) is 4.97. The monoisotopic (exact) mass is 526 g/mol. The van der Waals surface area contributed by atoms with Gasteiger partial charge in [-0.05, 0) is 16.2 Å². The van der Waals surface area contributed by atoms with Gasteiger partial charge in [-0.3, -0.25) is 9.63 Å². The van der Waals surface area contributed by atoms with Gasteiger partial charge in [0.25, 0.3) is 5.91 Å². The molecule has 158 valence electrons. The first kappa shape index (κ1) is 23.0. The first-order valence-corrected chi connectivity index (χ1v) is 10.7. The Morgan fingerprint density at radius 1 is 1.31 bits per heavy atom. The first-order valence-electron chi connectivity index (χ1n) is 8.18. The number of aliphatic hydroxyl groups is 1. The average Bonchev–Trinajstić information content (AvgIpc) is 2.71. The number of hydroxylamine groups is 1. The molecule has 0 atom stereocenters. The molecular formula is C17H18F3IN4O4. The Labute approximate surface area is 173 Å². The van der Waals surface area contributed by atoms with Crippen molar-refractivity contribution in [1.29, 1.82) is 0 Å². The molecule has 0 fully saturated rings. The number of nitrogens with one attached hydrogen (secondary N) is 2. The van der Waals surface area contributed by atoms with Crippen LogP contribution in [-0.2, 0) is 9.68 Å². The predicted molar refractivity (Wildman–Crippen MR) is 110 cm³/mol. The van der Waals surface area contributed by atoms with Crippen LogP contribution in [0.1, 0.15) is 15.9 Å². The summed E-state index contributed by atoms with van der Waals surface area (Å²) in [5, 5.41) is 14.6. The van der Waals surface area contributed by atoms with E-state index in [1.54, 1.807) is 4.08 Å². The zero-order chi connectivity index (χ0) is 21.2. The van der Waals surface area contributed by atoms with E-state index in [0.29, 0.717) is 0 Å². The van der Waals surface area contributed by atoms with Crippen LogP contribution in [0.15, 0.2) is 32.9 Å². The molecule has 1 aliphatic rings. The van der Waals surface area contributed by atoms with Crippen molar-refractivity contribution in [2.24, 2.45) is 10.9 Å². The molecule has 0 saturated heterocycles. The lowest BCUT2D eigenvalue weighted by molar-refractivity contribution is 0.0168. The molecule has 0 aromatic heterocycles. The number of amides is 1. The van der Waals surface area contributed by atoms with E-state index < -0.39 is 49.8 Å². The average molecular weight is 526 g/mol. The zero-order valence-electron chi connectivity index (χ0n) is 14.9. The van der Waals surface area contributed by atoms with Gasteiger partial charge in [-0.25, -0.2) is 18.7 Å². The molecule has 8 nitrogen and oxygen atoms in total. The lowest BCUT2D eigenvalue weighted by Crippen LogP contribution is -2.27. The summed E-state index contributed by atoms with van der Waals surface area (Å²) < 4.78 is 46.2. The lowest BCUT2D eigenvalue weighted by Gasteiger charge is -2.16. The van der Waals surface area contributed by atoms with Gasteiger partial charge in [0.1, 0.15) is 6.61 Å². The fourth-order valence-electron chi connectivity index (χ4n) is 2.02. The van der Waals surface area contributed by atoms with Crippen molar-refractivity contribution in [3.63, 3.8) is 0 Å². The summed E-state index contributed by atoms with van der Waals surface area (Å²) in [5.41, 5.74) is 5.76. The highest BCUT2D eigenvalue weighted by Crippen LogP contribution is 2.29. The molecule has 2 rings (SSSR count). The Morgan fingerprint density at radius 2 is 2.10 bits per heavy atom. The van der Waals surface area contributed by atoms with E-state index in [-0.39, 0.29) is 43.2 Å². The summed E-state index contributed by atoms with van der Waals surface area (Å²) in [6.45, 7) is -0.371. The number of aliphatic hydroxyl groups excluding tert-OH is 1. The SMILES string of the molecule is NCCO/N=C/c1cc(C(=O)NOCCO)c(NC2=C(F)C=IC=C2)c(F)c1F. The van der Waals surface area contributed by atoms with Gasteiger partial charge in [0.2, 0.25) is 0 Å². The molecule has 1 amide bonds. The molecule has 0 unspecified atom stereocenters. The van der Waals surface area contributed by atoms with E-state index >= 15 is 0 Å². The Morgan fingerprint density at radius 3 is 2.79 bits per heavy atom. The van der Waals surface area contributed by atoms with Gasteiger partial charge < -0.3 is 21.0 Å². The number of anilines is 1. The van der Waals surface area contributed by atoms with Crippen LogP contribution in [0.5, 0.6) is 0 Å².